The van der Waals surface area contributed by atoms with Gasteiger partial charge in [-0.15, -0.1) is 0 Å². The number of hydrogen-bond donors (Lipinski definition) is 1. The maximum absolute atomic E-state index is 13.3. The highest BCUT2D eigenvalue weighted by Gasteiger charge is 2.28. The Kier molecular flexibility index (Phi) is 7.41. The molecular weight excluding hydrogens is 518 g/mol. The third-order valence-corrected chi connectivity index (χ3v) is 7.35. The van der Waals surface area contributed by atoms with Crippen molar-refractivity contribution in [2.45, 2.75) is 20.0 Å². The van der Waals surface area contributed by atoms with E-state index in [0.29, 0.717) is 22.0 Å². The van der Waals surface area contributed by atoms with E-state index in [0.717, 1.165) is 49.6 Å². The topological polar surface area (TPSA) is 57.9 Å². The molecule has 1 aliphatic heterocycles. The fraction of sp³-hybridized carbons (Fsp3) is 0.276. The molecule has 7 heteroatoms. The average Bonchev–Trinajstić information content (AvgIpc) is 3.19. The normalized spacial score (nSPS) is 14.8. The fourth-order valence-electron chi connectivity index (χ4n) is 4.96. The van der Waals surface area contributed by atoms with Gasteiger partial charge in [0.05, 0.1) is 27.9 Å². The Labute approximate surface area is 219 Å². The minimum atomic E-state index is -0.364. The van der Waals surface area contributed by atoms with E-state index in [1.165, 1.54) is 5.56 Å². The molecule has 0 saturated carbocycles. The van der Waals surface area contributed by atoms with Gasteiger partial charge in [-0.25, -0.2) is 4.79 Å². The lowest BCUT2D eigenvalue weighted by molar-refractivity contribution is 0.0524. The van der Waals surface area contributed by atoms with Crippen molar-refractivity contribution in [2.24, 2.45) is 0 Å². The van der Waals surface area contributed by atoms with Gasteiger partial charge >= 0.3 is 5.97 Å². The molecule has 1 saturated heterocycles. The van der Waals surface area contributed by atoms with E-state index in [9.17, 15) is 9.90 Å². The van der Waals surface area contributed by atoms with Gasteiger partial charge in [-0.1, -0.05) is 48.5 Å². The van der Waals surface area contributed by atoms with Crippen LogP contribution in [0.1, 0.15) is 28.5 Å². The van der Waals surface area contributed by atoms with Crippen molar-refractivity contribution in [1.82, 2.24) is 14.4 Å². The largest absolute Gasteiger partial charge is 0.507 e. The number of carbonyl (C=O) groups excluding carboxylic acids is 1. The number of esters is 1. The lowest BCUT2D eigenvalue weighted by atomic mass is 10.1. The van der Waals surface area contributed by atoms with Gasteiger partial charge in [0, 0.05) is 50.3 Å². The van der Waals surface area contributed by atoms with Crippen molar-refractivity contribution < 1.29 is 14.6 Å². The number of phenolic OH excluding ortho intramolecular Hbond substituents is 1. The van der Waals surface area contributed by atoms with Crippen LogP contribution in [0.25, 0.3) is 16.6 Å². The van der Waals surface area contributed by atoms with Gasteiger partial charge in [-0.3, -0.25) is 9.80 Å². The number of rotatable bonds is 7. The molecule has 1 aromatic heterocycles. The van der Waals surface area contributed by atoms with Crippen LogP contribution in [0.15, 0.2) is 77.3 Å². The molecule has 0 unspecified atom stereocenters. The third kappa shape index (κ3) is 5.05. The number of benzene rings is 3. The summed E-state index contributed by atoms with van der Waals surface area (Å²) in [5.41, 5.74) is 4.54. The zero-order valence-electron chi connectivity index (χ0n) is 20.4. The number of nitrogens with zero attached hydrogens (tertiary/aromatic N) is 3. The second-order valence-corrected chi connectivity index (χ2v) is 9.93. The van der Waals surface area contributed by atoms with Crippen molar-refractivity contribution in [1.29, 1.82) is 0 Å². The van der Waals surface area contributed by atoms with Crippen LogP contribution >= 0.6 is 15.9 Å². The first-order chi connectivity index (χ1) is 17.5. The third-order valence-electron chi connectivity index (χ3n) is 6.72. The first-order valence-electron chi connectivity index (χ1n) is 12.3. The Morgan fingerprint density at radius 1 is 0.917 bits per heavy atom. The van der Waals surface area contributed by atoms with Crippen LogP contribution in [0, 0.1) is 0 Å². The van der Waals surface area contributed by atoms with Gasteiger partial charge in [0.1, 0.15) is 5.75 Å². The Hall–Kier alpha value is -3.13. The Balaban J connectivity index is 1.51. The minimum absolute atomic E-state index is 0.0966. The smallest absolute Gasteiger partial charge is 0.340 e. The second-order valence-electron chi connectivity index (χ2n) is 9.07. The number of para-hydroxylation sites is 1. The number of piperazine rings is 1. The van der Waals surface area contributed by atoms with E-state index in [-0.39, 0.29) is 18.3 Å². The Bertz CT molecular complexity index is 1350. The van der Waals surface area contributed by atoms with Crippen LogP contribution in [0.2, 0.25) is 0 Å². The van der Waals surface area contributed by atoms with Gasteiger partial charge in [0.2, 0.25) is 0 Å². The summed E-state index contributed by atoms with van der Waals surface area (Å²) in [6.45, 7) is 7.38. The van der Waals surface area contributed by atoms with E-state index in [1.54, 1.807) is 6.07 Å². The summed E-state index contributed by atoms with van der Waals surface area (Å²) in [6.07, 6.45) is 0. The van der Waals surface area contributed by atoms with Gasteiger partial charge in [-0.2, -0.15) is 0 Å². The molecule has 6 nitrogen and oxygen atoms in total. The summed E-state index contributed by atoms with van der Waals surface area (Å²) in [5, 5.41) is 11.2. The number of halogens is 1. The monoisotopic (exact) mass is 547 g/mol. The number of phenols is 1. The van der Waals surface area contributed by atoms with Gasteiger partial charge in [-0.05, 0) is 52.7 Å². The molecule has 0 bridgehead atoms. The van der Waals surface area contributed by atoms with Crippen molar-refractivity contribution >= 4 is 32.8 Å². The minimum Gasteiger partial charge on any atom is -0.507 e. The maximum Gasteiger partial charge on any atom is 0.340 e. The summed E-state index contributed by atoms with van der Waals surface area (Å²) in [6, 6.07) is 24.1. The zero-order valence-corrected chi connectivity index (χ0v) is 21.9. The summed E-state index contributed by atoms with van der Waals surface area (Å²) < 4.78 is 8.21. The maximum atomic E-state index is 13.3. The molecule has 1 aliphatic rings. The number of fused-ring (bicyclic) bond motifs is 1. The number of ether oxygens (including phenoxy) is 1. The highest BCUT2D eigenvalue weighted by Crippen LogP contribution is 2.37. The Morgan fingerprint density at radius 3 is 2.17 bits per heavy atom. The standard InChI is InChI=1S/C29H30BrN3O3/c1-2-36-29(35)28-23-17-27(34)24(30)18-25(23)33(22-11-7-4-8-12-22)26(28)20-32-15-13-31(14-16-32)19-21-9-5-3-6-10-21/h3-12,17-18,34H,2,13-16,19-20H2,1H3. The van der Waals surface area contributed by atoms with E-state index >= 15 is 0 Å². The lowest BCUT2D eigenvalue weighted by Gasteiger charge is -2.35. The van der Waals surface area contributed by atoms with E-state index in [2.05, 4.69) is 54.6 Å². The fourth-order valence-corrected chi connectivity index (χ4v) is 5.29. The molecule has 36 heavy (non-hydrogen) atoms. The summed E-state index contributed by atoms with van der Waals surface area (Å²) in [4.78, 5) is 18.1. The first kappa shape index (κ1) is 24.6. The quantitative estimate of drug-likeness (QED) is 0.305. The summed E-state index contributed by atoms with van der Waals surface area (Å²) >= 11 is 3.46. The zero-order chi connectivity index (χ0) is 25.1. The molecule has 5 rings (SSSR count). The lowest BCUT2D eigenvalue weighted by Crippen LogP contribution is -2.45. The van der Waals surface area contributed by atoms with Crippen LogP contribution in [-0.2, 0) is 17.8 Å². The molecule has 1 N–H and O–H groups in total. The molecule has 0 radical (unpaired) electrons. The van der Waals surface area contributed by atoms with Crippen LogP contribution in [0.4, 0.5) is 0 Å². The van der Waals surface area contributed by atoms with Gasteiger partial charge < -0.3 is 14.4 Å². The van der Waals surface area contributed by atoms with Crippen LogP contribution in [0.3, 0.4) is 0 Å². The Morgan fingerprint density at radius 2 is 1.53 bits per heavy atom. The molecule has 0 amide bonds. The van der Waals surface area contributed by atoms with Crippen molar-refractivity contribution in [2.75, 3.05) is 32.8 Å². The summed E-state index contributed by atoms with van der Waals surface area (Å²) in [5.74, 6) is -0.268. The number of aromatic nitrogens is 1. The van der Waals surface area contributed by atoms with Gasteiger partial charge in [0.15, 0.2) is 0 Å². The predicted octanol–water partition coefficient (Wildman–Crippen LogP) is 5.59. The van der Waals surface area contributed by atoms with Crippen molar-refractivity contribution in [3.63, 3.8) is 0 Å². The number of carbonyl (C=O) groups is 1. The molecule has 0 atom stereocenters. The average molecular weight is 548 g/mol. The first-order valence-corrected chi connectivity index (χ1v) is 13.1. The second kappa shape index (κ2) is 10.9. The van der Waals surface area contributed by atoms with Crippen molar-refractivity contribution in [3.8, 4) is 11.4 Å². The highest BCUT2D eigenvalue weighted by atomic mass is 79.9. The molecule has 2 heterocycles. The highest BCUT2D eigenvalue weighted by molar-refractivity contribution is 9.10. The molecule has 0 aliphatic carbocycles. The predicted molar refractivity (Wildman–Crippen MR) is 146 cm³/mol. The van der Waals surface area contributed by atoms with Crippen LogP contribution in [0.5, 0.6) is 5.75 Å². The molecule has 186 valence electrons. The van der Waals surface area contributed by atoms with E-state index in [1.807, 2.05) is 49.4 Å². The molecule has 4 aromatic rings. The summed E-state index contributed by atoms with van der Waals surface area (Å²) in [7, 11) is 0. The van der Waals surface area contributed by atoms with Crippen molar-refractivity contribution in [3.05, 3.63) is 94.1 Å². The van der Waals surface area contributed by atoms with Gasteiger partial charge in [0.25, 0.3) is 0 Å². The number of aromatic hydroxyl groups is 1. The number of hydrogen-bond acceptors (Lipinski definition) is 5. The molecule has 1 fully saturated rings. The van der Waals surface area contributed by atoms with E-state index < -0.39 is 0 Å². The molecule has 0 spiro atoms. The SMILES string of the molecule is CCOC(=O)c1c(CN2CCN(Cc3ccccc3)CC2)n(-c2ccccc2)c2cc(Br)c(O)cc12. The van der Waals surface area contributed by atoms with Crippen LogP contribution < -0.4 is 0 Å². The molecular formula is C29H30BrN3O3. The van der Waals surface area contributed by atoms with E-state index in [4.69, 9.17) is 4.74 Å². The van der Waals surface area contributed by atoms with Crippen LogP contribution in [-0.4, -0.2) is 58.2 Å². The molecule has 3 aromatic carbocycles.